The number of carboxylic acids is 1. The van der Waals surface area contributed by atoms with Crippen molar-refractivity contribution < 1.29 is 9.90 Å². The van der Waals surface area contributed by atoms with Crippen molar-refractivity contribution in [2.24, 2.45) is 0 Å². The second-order valence-corrected chi connectivity index (χ2v) is 7.35. The normalized spacial score (nSPS) is 11.0. The Morgan fingerprint density at radius 1 is 1.00 bits per heavy atom. The minimum Gasteiger partial charge on any atom is -0.478 e. The van der Waals surface area contributed by atoms with Crippen LogP contribution in [-0.4, -0.2) is 25.8 Å². The molecule has 3 aromatic rings. The van der Waals surface area contributed by atoms with E-state index in [4.69, 9.17) is 10.1 Å². The van der Waals surface area contributed by atoms with Crippen LogP contribution in [0.1, 0.15) is 67.1 Å². The lowest BCUT2D eigenvalue weighted by Gasteiger charge is -2.07. The summed E-state index contributed by atoms with van der Waals surface area (Å²) < 4.78 is 2.08. The highest BCUT2D eigenvalue weighted by Gasteiger charge is 2.12. The first-order valence-electron chi connectivity index (χ1n) is 10.5. The van der Waals surface area contributed by atoms with Gasteiger partial charge in [0.15, 0.2) is 5.82 Å². The number of carboxylic acid groups (broad SMARTS) is 1. The van der Waals surface area contributed by atoms with Gasteiger partial charge in [-0.3, -0.25) is 0 Å². The number of aryl methyl sites for hydroxylation is 2. The predicted molar refractivity (Wildman–Crippen MR) is 115 cm³/mol. The summed E-state index contributed by atoms with van der Waals surface area (Å²) in [6, 6.07) is 15.1. The van der Waals surface area contributed by atoms with E-state index < -0.39 is 5.97 Å². The van der Waals surface area contributed by atoms with Crippen molar-refractivity contribution >= 4 is 5.97 Å². The van der Waals surface area contributed by atoms with E-state index in [-0.39, 0.29) is 0 Å². The van der Waals surface area contributed by atoms with Crippen molar-refractivity contribution in [3.8, 4) is 11.1 Å². The lowest BCUT2D eigenvalue weighted by molar-refractivity contribution is 0.0697. The molecular formula is C24H29N3O2. The van der Waals surface area contributed by atoms with Gasteiger partial charge in [0.05, 0.1) is 5.56 Å². The average molecular weight is 392 g/mol. The maximum atomic E-state index is 11.5. The van der Waals surface area contributed by atoms with Crippen LogP contribution in [0.4, 0.5) is 0 Å². The molecule has 0 aliphatic heterocycles. The molecule has 1 N–H and O–H groups in total. The predicted octanol–water partition coefficient (Wildman–Crippen LogP) is 5.38. The Hall–Kier alpha value is -2.95. The molecule has 0 unspecified atom stereocenters. The first kappa shape index (κ1) is 20.8. The van der Waals surface area contributed by atoms with Crippen molar-refractivity contribution in [1.29, 1.82) is 0 Å². The quantitative estimate of drug-likeness (QED) is 0.504. The number of hydrogen-bond acceptors (Lipinski definition) is 3. The van der Waals surface area contributed by atoms with E-state index in [0.29, 0.717) is 12.0 Å². The monoisotopic (exact) mass is 391 g/mol. The third-order valence-electron chi connectivity index (χ3n) is 5.05. The maximum absolute atomic E-state index is 11.5. The van der Waals surface area contributed by atoms with Crippen molar-refractivity contribution in [1.82, 2.24) is 14.8 Å². The van der Waals surface area contributed by atoms with E-state index in [0.717, 1.165) is 67.0 Å². The maximum Gasteiger partial charge on any atom is 0.336 e. The van der Waals surface area contributed by atoms with Crippen LogP contribution in [-0.2, 0) is 19.4 Å². The fourth-order valence-corrected chi connectivity index (χ4v) is 3.41. The van der Waals surface area contributed by atoms with Crippen molar-refractivity contribution in [2.45, 2.75) is 58.9 Å². The molecule has 5 nitrogen and oxygen atoms in total. The van der Waals surface area contributed by atoms with Gasteiger partial charge in [0.2, 0.25) is 0 Å². The minimum atomic E-state index is -0.911. The zero-order valence-electron chi connectivity index (χ0n) is 17.3. The molecule has 3 rings (SSSR count). The van der Waals surface area contributed by atoms with Gasteiger partial charge in [-0.25, -0.2) is 14.5 Å². The Labute approximate surface area is 172 Å². The second kappa shape index (κ2) is 10.0. The van der Waals surface area contributed by atoms with Crippen molar-refractivity contribution in [3.05, 3.63) is 71.3 Å². The number of aromatic nitrogens is 3. The van der Waals surface area contributed by atoms with Crippen molar-refractivity contribution in [3.63, 3.8) is 0 Å². The second-order valence-electron chi connectivity index (χ2n) is 7.35. The van der Waals surface area contributed by atoms with Crippen LogP contribution in [0.3, 0.4) is 0 Å². The van der Waals surface area contributed by atoms with Gasteiger partial charge in [-0.1, -0.05) is 69.2 Å². The van der Waals surface area contributed by atoms with E-state index in [1.54, 1.807) is 12.1 Å². The molecule has 0 bridgehead atoms. The van der Waals surface area contributed by atoms with Crippen molar-refractivity contribution in [2.75, 3.05) is 0 Å². The SMILES string of the molecule is CCCCc1nc(Cc2ccc(-c3ccccc3C(=O)O)cc2)nn1CCCC. The van der Waals surface area contributed by atoms with Gasteiger partial charge in [0.25, 0.3) is 0 Å². The zero-order valence-corrected chi connectivity index (χ0v) is 17.3. The third kappa shape index (κ3) is 5.31. The van der Waals surface area contributed by atoms with Crippen LogP contribution in [0.25, 0.3) is 11.1 Å². The Morgan fingerprint density at radius 3 is 2.41 bits per heavy atom. The van der Waals surface area contributed by atoms with Crippen LogP contribution in [0, 0.1) is 0 Å². The lowest BCUT2D eigenvalue weighted by atomic mass is 9.98. The molecule has 5 heteroatoms. The van der Waals surface area contributed by atoms with Gasteiger partial charge in [0, 0.05) is 19.4 Å². The average Bonchev–Trinajstić information content (AvgIpc) is 3.12. The first-order chi connectivity index (χ1) is 14.1. The summed E-state index contributed by atoms with van der Waals surface area (Å²) in [6.45, 7) is 5.30. The number of aromatic carboxylic acids is 1. The summed E-state index contributed by atoms with van der Waals surface area (Å²) in [4.78, 5) is 16.3. The van der Waals surface area contributed by atoms with Crippen LogP contribution in [0.5, 0.6) is 0 Å². The topological polar surface area (TPSA) is 68.0 Å². The minimum absolute atomic E-state index is 0.317. The highest BCUT2D eigenvalue weighted by atomic mass is 16.4. The molecule has 1 aromatic heterocycles. The van der Waals surface area contributed by atoms with E-state index in [1.165, 1.54) is 0 Å². The largest absolute Gasteiger partial charge is 0.478 e. The molecule has 0 saturated heterocycles. The standard InChI is InChI=1S/C24H29N3O2/c1-3-5-11-23-25-22(26-27(23)16-6-4-2)17-18-12-14-19(15-13-18)20-9-7-8-10-21(20)24(28)29/h7-10,12-15H,3-6,11,16-17H2,1-2H3,(H,28,29). The molecule has 29 heavy (non-hydrogen) atoms. The van der Waals surface area contributed by atoms with E-state index in [2.05, 4.69) is 18.5 Å². The first-order valence-corrected chi connectivity index (χ1v) is 10.5. The highest BCUT2D eigenvalue weighted by Crippen LogP contribution is 2.24. The number of carbonyl (C=O) groups is 1. The number of rotatable bonds is 10. The highest BCUT2D eigenvalue weighted by molar-refractivity contribution is 5.95. The molecule has 0 amide bonds. The number of benzene rings is 2. The summed E-state index contributed by atoms with van der Waals surface area (Å²) in [5.41, 5.74) is 3.07. The molecular weight excluding hydrogens is 362 g/mol. The molecule has 0 saturated carbocycles. The number of nitrogens with zero attached hydrogens (tertiary/aromatic N) is 3. The van der Waals surface area contributed by atoms with Gasteiger partial charge in [0.1, 0.15) is 5.82 Å². The summed E-state index contributed by atoms with van der Waals surface area (Å²) in [6.07, 6.45) is 6.18. The molecule has 0 aliphatic carbocycles. The van der Waals surface area contributed by atoms with Crippen LogP contribution in [0.2, 0.25) is 0 Å². The van der Waals surface area contributed by atoms with Gasteiger partial charge < -0.3 is 5.11 Å². The van der Waals surface area contributed by atoms with Gasteiger partial charge >= 0.3 is 5.97 Å². The smallest absolute Gasteiger partial charge is 0.336 e. The number of unbranched alkanes of at least 4 members (excludes halogenated alkanes) is 2. The Kier molecular flexibility index (Phi) is 7.17. The summed E-state index contributed by atoms with van der Waals surface area (Å²) in [5, 5.41) is 14.2. The summed E-state index contributed by atoms with van der Waals surface area (Å²) in [5.74, 6) is 1.03. The molecule has 1 heterocycles. The third-order valence-corrected chi connectivity index (χ3v) is 5.05. The zero-order chi connectivity index (χ0) is 20.6. The fourth-order valence-electron chi connectivity index (χ4n) is 3.41. The molecule has 0 spiro atoms. The van der Waals surface area contributed by atoms with E-state index >= 15 is 0 Å². The van der Waals surface area contributed by atoms with Gasteiger partial charge in [-0.05, 0) is 35.6 Å². The molecule has 0 atom stereocenters. The molecule has 0 aliphatic rings. The Morgan fingerprint density at radius 2 is 1.72 bits per heavy atom. The molecule has 0 radical (unpaired) electrons. The fraction of sp³-hybridized carbons (Fsp3) is 0.375. The van der Waals surface area contributed by atoms with Gasteiger partial charge in [-0.2, -0.15) is 5.10 Å². The van der Waals surface area contributed by atoms with Crippen LogP contribution >= 0.6 is 0 Å². The molecule has 0 fully saturated rings. The Bertz CT molecular complexity index is 920. The summed E-state index contributed by atoms with van der Waals surface area (Å²) in [7, 11) is 0. The van der Waals surface area contributed by atoms with Gasteiger partial charge in [-0.15, -0.1) is 0 Å². The summed E-state index contributed by atoms with van der Waals surface area (Å²) >= 11 is 0. The molecule has 152 valence electrons. The lowest BCUT2D eigenvalue weighted by Crippen LogP contribution is -2.06. The van der Waals surface area contributed by atoms with Crippen LogP contribution < -0.4 is 0 Å². The van der Waals surface area contributed by atoms with Crippen LogP contribution in [0.15, 0.2) is 48.5 Å². The van der Waals surface area contributed by atoms with E-state index in [1.807, 2.05) is 36.4 Å². The number of hydrogen-bond donors (Lipinski definition) is 1. The van der Waals surface area contributed by atoms with E-state index in [9.17, 15) is 9.90 Å². The molecule has 2 aromatic carbocycles. The Balaban J connectivity index is 1.78.